The first-order chi connectivity index (χ1) is 19.6. The van der Waals surface area contributed by atoms with Gasteiger partial charge in [-0.2, -0.15) is 42.2 Å². The van der Waals surface area contributed by atoms with Crippen molar-refractivity contribution in [3.63, 3.8) is 0 Å². The summed E-state index contributed by atoms with van der Waals surface area (Å²) >= 11 is 0.379. The van der Waals surface area contributed by atoms with Crippen LogP contribution in [0.3, 0.4) is 0 Å². The molecule has 0 N–H and O–H groups in total. The summed E-state index contributed by atoms with van der Waals surface area (Å²) in [6.45, 7) is 7.38. The molecule has 2 aliphatic heterocycles. The number of nitrogens with zero attached hydrogens (tertiary/aromatic N) is 5. The number of methoxy groups -OCH3 is 1. The number of halogens is 6. The number of rotatable bonds is 4. The number of amides is 1. The van der Waals surface area contributed by atoms with Gasteiger partial charge >= 0.3 is 18.0 Å². The highest BCUT2D eigenvalue weighted by molar-refractivity contribution is 8.18. The smallest absolute Gasteiger partial charge is 0.379 e. The van der Waals surface area contributed by atoms with E-state index in [2.05, 4.69) is 16.5 Å². The first-order valence-electron chi connectivity index (χ1n) is 12.8. The molecule has 2 aliphatic rings. The molecule has 1 aromatic carbocycles. The molecule has 1 amide bonds. The Balaban J connectivity index is 1.77. The molecule has 8 nitrogen and oxygen atoms in total. The average molecular weight is 636 g/mol. The zero-order valence-electron chi connectivity index (χ0n) is 22.7. The van der Waals surface area contributed by atoms with Crippen LogP contribution >= 0.6 is 22.2 Å². The Bertz CT molecular complexity index is 1590. The average Bonchev–Trinajstić information content (AvgIpc) is 3.34. The summed E-state index contributed by atoms with van der Waals surface area (Å²) in [6, 6.07) is 1.07. The third-order valence-corrected chi connectivity index (χ3v) is 11.5. The zero-order valence-corrected chi connectivity index (χ0v) is 24.4. The third-order valence-electron chi connectivity index (χ3n) is 7.41. The SMILES string of the molecule is C=CC(=O)N1[C@H](C)CN(c2nc(=O)n3c4c(cc(C(F)(F)F)cc24)[SH](c2ncc(C(F)(F)F)s2)C[C@@H](OC)C3)C[C@@H]1C. The lowest BCUT2D eigenvalue weighted by atomic mass is 10.1. The Hall–Kier alpha value is -3.11. The third kappa shape index (κ3) is 5.39. The van der Waals surface area contributed by atoms with Crippen LogP contribution in [-0.2, 0) is 28.4 Å². The van der Waals surface area contributed by atoms with Crippen LogP contribution in [0.2, 0.25) is 0 Å². The molecule has 2 aromatic heterocycles. The fraction of sp³-hybridized carbons (Fsp3) is 0.462. The van der Waals surface area contributed by atoms with Crippen molar-refractivity contribution in [1.82, 2.24) is 19.4 Å². The monoisotopic (exact) mass is 635 g/mol. The summed E-state index contributed by atoms with van der Waals surface area (Å²) in [5.41, 5.74) is -1.58. The normalized spacial score (nSPS) is 24.1. The molecule has 42 heavy (non-hydrogen) atoms. The quantitative estimate of drug-likeness (QED) is 0.249. The number of aromatic nitrogens is 3. The summed E-state index contributed by atoms with van der Waals surface area (Å²) in [5, 5.41) is 0.0409. The van der Waals surface area contributed by atoms with Gasteiger partial charge in [0.1, 0.15) is 15.0 Å². The highest BCUT2D eigenvalue weighted by Crippen LogP contribution is 2.54. The van der Waals surface area contributed by atoms with Gasteiger partial charge in [-0.05, 0) is 32.1 Å². The molecule has 1 unspecified atom stereocenters. The maximum absolute atomic E-state index is 14.3. The van der Waals surface area contributed by atoms with E-state index in [1.165, 1.54) is 17.8 Å². The van der Waals surface area contributed by atoms with E-state index in [1.54, 1.807) is 23.6 Å². The molecular formula is C26H27F6N5O3S2. The van der Waals surface area contributed by atoms with Crippen LogP contribution < -0.4 is 10.6 Å². The minimum atomic E-state index is -4.80. The first-order valence-corrected chi connectivity index (χ1v) is 15.2. The summed E-state index contributed by atoms with van der Waals surface area (Å²) in [4.78, 5) is 36.5. The molecule has 0 aliphatic carbocycles. The lowest BCUT2D eigenvalue weighted by Crippen LogP contribution is -2.58. The van der Waals surface area contributed by atoms with Crippen molar-refractivity contribution in [2.45, 2.75) is 60.2 Å². The standard InChI is InChI=1S/C26H27F6N5O3S2/c1-5-20(38)37-13(2)9-35(10-14(37)3)22-17-6-15(25(27,28)29)7-18-21(17)36(23(39)34-22)11-16(40-4)12-42(18)24-33-8-19(41-24)26(30,31)32/h5-8,13-14,16,42H,1,9-12H2,2-4H3/t13-,14+,16-/m0/s1. The molecule has 0 radical (unpaired) electrons. The molecule has 0 saturated carbocycles. The van der Waals surface area contributed by atoms with Gasteiger partial charge in [-0.1, -0.05) is 6.58 Å². The van der Waals surface area contributed by atoms with Crippen LogP contribution in [0.25, 0.3) is 10.9 Å². The van der Waals surface area contributed by atoms with Gasteiger partial charge in [-0.25, -0.2) is 9.78 Å². The van der Waals surface area contributed by atoms with Crippen molar-refractivity contribution in [2.24, 2.45) is 0 Å². The van der Waals surface area contributed by atoms with Crippen molar-refractivity contribution in [2.75, 3.05) is 30.9 Å². The van der Waals surface area contributed by atoms with E-state index in [1.807, 2.05) is 0 Å². The van der Waals surface area contributed by atoms with Gasteiger partial charge in [0.2, 0.25) is 5.91 Å². The molecule has 4 heterocycles. The first kappa shape index (κ1) is 30.4. The molecule has 4 atom stereocenters. The lowest BCUT2D eigenvalue weighted by Gasteiger charge is -2.44. The maximum Gasteiger partial charge on any atom is 0.427 e. The highest BCUT2D eigenvalue weighted by atomic mass is 32.2. The number of hydrogen-bond acceptors (Lipinski definition) is 7. The van der Waals surface area contributed by atoms with Gasteiger partial charge < -0.3 is 14.5 Å². The minimum Gasteiger partial charge on any atom is -0.379 e. The Morgan fingerprint density at radius 2 is 1.79 bits per heavy atom. The number of thiol groups is 1. The Morgan fingerprint density at radius 3 is 2.33 bits per heavy atom. The van der Waals surface area contributed by atoms with Crippen molar-refractivity contribution >= 4 is 44.9 Å². The minimum absolute atomic E-state index is 0.0175. The Morgan fingerprint density at radius 1 is 1.12 bits per heavy atom. The van der Waals surface area contributed by atoms with E-state index < -0.39 is 45.5 Å². The number of anilines is 1. The summed E-state index contributed by atoms with van der Waals surface area (Å²) in [6.07, 6.45) is -8.30. The van der Waals surface area contributed by atoms with Gasteiger partial charge in [-0.15, -0.1) is 11.3 Å². The van der Waals surface area contributed by atoms with Gasteiger partial charge in [0.25, 0.3) is 0 Å². The van der Waals surface area contributed by atoms with Crippen molar-refractivity contribution < 1.29 is 35.9 Å². The zero-order chi connectivity index (χ0) is 30.7. The molecule has 1 fully saturated rings. The second-order valence-electron chi connectivity index (χ2n) is 10.2. The maximum atomic E-state index is 14.3. The summed E-state index contributed by atoms with van der Waals surface area (Å²) < 4.78 is 90.1. The second-order valence-corrected chi connectivity index (χ2v) is 13.7. The molecular weight excluding hydrogens is 608 g/mol. The largest absolute Gasteiger partial charge is 0.427 e. The van der Waals surface area contributed by atoms with Crippen molar-refractivity contribution in [1.29, 1.82) is 0 Å². The van der Waals surface area contributed by atoms with E-state index in [9.17, 15) is 35.9 Å². The van der Waals surface area contributed by atoms with E-state index >= 15 is 0 Å². The van der Waals surface area contributed by atoms with Crippen LogP contribution in [0.15, 0.2) is 45.0 Å². The van der Waals surface area contributed by atoms with Gasteiger partial charge in [-0.3, -0.25) is 9.36 Å². The lowest BCUT2D eigenvalue weighted by molar-refractivity contribution is -0.137. The number of piperazine rings is 1. The predicted molar refractivity (Wildman–Crippen MR) is 147 cm³/mol. The van der Waals surface area contributed by atoms with E-state index in [0.717, 1.165) is 12.1 Å². The molecule has 5 rings (SSSR count). The van der Waals surface area contributed by atoms with Gasteiger partial charge in [0, 0.05) is 48.3 Å². The molecule has 0 spiro atoms. The molecule has 16 heteroatoms. The molecule has 228 valence electrons. The van der Waals surface area contributed by atoms with Gasteiger partial charge in [0.15, 0.2) is 0 Å². The predicted octanol–water partition coefficient (Wildman–Crippen LogP) is 4.95. The Kier molecular flexibility index (Phi) is 7.85. The molecule has 0 bridgehead atoms. The highest BCUT2D eigenvalue weighted by Gasteiger charge is 2.39. The summed E-state index contributed by atoms with van der Waals surface area (Å²) in [7, 11) is -0.529. The number of ether oxygens (including phenoxy) is 1. The van der Waals surface area contributed by atoms with E-state index in [0.29, 0.717) is 17.5 Å². The van der Waals surface area contributed by atoms with E-state index in [4.69, 9.17) is 4.74 Å². The van der Waals surface area contributed by atoms with Crippen LogP contribution in [0.5, 0.6) is 0 Å². The number of carbonyl (C=O) groups is 1. The number of hydrogen-bond donors (Lipinski definition) is 1. The van der Waals surface area contributed by atoms with Crippen molar-refractivity contribution in [3.8, 4) is 0 Å². The van der Waals surface area contributed by atoms with Crippen LogP contribution in [0.4, 0.5) is 32.2 Å². The molecule has 3 aromatic rings. The fourth-order valence-corrected chi connectivity index (χ4v) is 9.61. The number of benzene rings is 1. The topological polar surface area (TPSA) is 80.6 Å². The number of alkyl halides is 6. The number of carbonyl (C=O) groups excluding carboxylic acids is 1. The van der Waals surface area contributed by atoms with Crippen LogP contribution in [0, 0.1) is 0 Å². The van der Waals surface area contributed by atoms with Crippen molar-refractivity contribution in [3.05, 3.63) is 51.9 Å². The van der Waals surface area contributed by atoms with Crippen LogP contribution in [0.1, 0.15) is 24.3 Å². The molecule has 1 saturated heterocycles. The van der Waals surface area contributed by atoms with Crippen LogP contribution in [-0.4, -0.2) is 69.5 Å². The van der Waals surface area contributed by atoms with Gasteiger partial charge in [0.05, 0.1) is 29.9 Å². The number of thiazole rings is 1. The second kappa shape index (κ2) is 10.9. The summed E-state index contributed by atoms with van der Waals surface area (Å²) in [5.74, 6) is -0.225. The van der Waals surface area contributed by atoms with E-state index in [-0.39, 0.29) is 69.3 Å². The fourth-order valence-electron chi connectivity index (χ4n) is 5.61. The Labute approximate surface area is 242 Å².